The SMILES string of the molecule is NC(=O)c1sc2nc(C(F)(F)F)cc(-c3ccc(F)cc3)c2c1NC(=O)c1ccc(COc2cccc(Cl)c2)o1. The fourth-order valence-electron chi connectivity index (χ4n) is 3.86. The molecule has 3 aromatic heterocycles. The summed E-state index contributed by atoms with van der Waals surface area (Å²) in [5.41, 5.74) is 4.29. The number of alkyl halides is 3. The van der Waals surface area contributed by atoms with Gasteiger partial charge in [0.1, 0.15) is 39.3 Å². The Balaban J connectivity index is 1.52. The molecule has 13 heteroatoms. The van der Waals surface area contributed by atoms with Gasteiger partial charge >= 0.3 is 6.18 Å². The third-order valence-corrected chi connectivity index (χ3v) is 6.97. The molecule has 2 aromatic carbocycles. The van der Waals surface area contributed by atoms with Crippen LogP contribution in [0.1, 0.15) is 31.7 Å². The molecule has 2 amide bonds. The molecule has 0 spiro atoms. The van der Waals surface area contributed by atoms with Gasteiger partial charge in [0.15, 0.2) is 5.76 Å². The molecule has 0 aliphatic rings. The summed E-state index contributed by atoms with van der Waals surface area (Å²) >= 11 is 6.53. The quantitative estimate of drug-likeness (QED) is 0.194. The van der Waals surface area contributed by atoms with Crippen molar-refractivity contribution in [2.45, 2.75) is 12.8 Å². The maximum atomic E-state index is 13.7. The number of nitrogens with zero attached hydrogens (tertiary/aromatic N) is 1. The van der Waals surface area contributed by atoms with E-state index in [1.165, 1.54) is 24.3 Å². The monoisotopic (exact) mass is 589 g/mol. The number of hydrogen-bond acceptors (Lipinski definition) is 6. The Labute approximate surface area is 232 Å². The highest BCUT2D eigenvalue weighted by Crippen LogP contribution is 2.43. The molecular weight excluding hydrogens is 574 g/mol. The van der Waals surface area contributed by atoms with E-state index in [1.807, 2.05) is 0 Å². The number of pyridine rings is 1. The first-order valence-electron chi connectivity index (χ1n) is 11.4. The molecule has 3 heterocycles. The Morgan fingerprint density at radius 3 is 2.50 bits per heavy atom. The van der Waals surface area contributed by atoms with Crippen LogP contribution in [0.3, 0.4) is 0 Å². The van der Waals surface area contributed by atoms with Gasteiger partial charge in [0.2, 0.25) is 0 Å². The highest BCUT2D eigenvalue weighted by Gasteiger charge is 2.35. The van der Waals surface area contributed by atoms with Crippen molar-refractivity contribution >= 4 is 50.7 Å². The lowest BCUT2D eigenvalue weighted by Gasteiger charge is -2.12. The van der Waals surface area contributed by atoms with Gasteiger partial charge in [-0.25, -0.2) is 9.37 Å². The number of halogens is 5. The molecule has 3 N–H and O–H groups in total. The van der Waals surface area contributed by atoms with E-state index < -0.39 is 29.5 Å². The summed E-state index contributed by atoms with van der Waals surface area (Å²) in [6.07, 6.45) is -4.82. The molecule has 0 saturated heterocycles. The number of ether oxygens (including phenoxy) is 1. The Kier molecular flexibility index (Phi) is 7.21. The summed E-state index contributed by atoms with van der Waals surface area (Å²) < 4.78 is 65.7. The summed E-state index contributed by atoms with van der Waals surface area (Å²) in [7, 11) is 0. The number of nitrogens with two attached hydrogens (primary N) is 1. The number of primary amides is 1. The maximum absolute atomic E-state index is 13.7. The Bertz CT molecular complexity index is 1750. The molecule has 0 aliphatic carbocycles. The van der Waals surface area contributed by atoms with Crippen molar-refractivity contribution in [2.24, 2.45) is 5.73 Å². The molecule has 0 atom stereocenters. The van der Waals surface area contributed by atoms with Crippen molar-refractivity contribution in [3.63, 3.8) is 0 Å². The fraction of sp³-hybridized carbons (Fsp3) is 0.0741. The predicted octanol–water partition coefficient (Wildman–Crippen LogP) is 7.30. The lowest BCUT2D eigenvalue weighted by molar-refractivity contribution is -0.140. The van der Waals surface area contributed by atoms with E-state index in [-0.39, 0.29) is 44.3 Å². The predicted molar refractivity (Wildman–Crippen MR) is 141 cm³/mol. The number of rotatable bonds is 7. The van der Waals surface area contributed by atoms with E-state index in [2.05, 4.69) is 10.3 Å². The van der Waals surface area contributed by atoms with E-state index >= 15 is 0 Å². The number of thiophene rings is 1. The smallest absolute Gasteiger partial charge is 0.433 e. The molecule has 0 bridgehead atoms. The highest BCUT2D eigenvalue weighted by atomic mass is 35.5. The molecule has 5 aromatic rings. The molecule has 7 nitrogen and oxygen atoms in total. The second-order valence-electron chi connectivity index (χ2n) is 8.38. The van der Waals surface area contributed by atoms with Crippen molar-refractivity contribution in [3.05, 3.63) is 99.7 Å². The number of fused-ring (bicyclic) bond motifs is 1. The minimum absolute atomic E-state index is 0.0274. The summed E-state index contributed by atoms with van der Waals surface area (Å²) in [6, 6.07) is 15.0. The summed E-state index contributed by atoms with van der Waals surface area (Å²) in [6.45, 7) is -0.0274. The highest BCUT2D eigenvalue weighted by molar-refractivity contribution is 7.21. The summed E-state index contributed by atoms with van der Waals surface area (Å²) in [5, 5.41) is 3.03. The van der Waals surface area contributed by atoms with Crippen LogP contribution < -0.4 is 15.8 Å². The minimum Gasteiger partial charge on any atom is -0.486 e. The molecule has 5 rings (SSSR count). The standard InChI is InChI=1S/C27H16ClF4N3O4S/c28-14-2-1-3-16(10-14)38-12-17-8-9-19(39-17)25(37)35-22-21-18(13-4-6-15(29)7-5-13)11-20(27(30,31)32)34-26(21)40-23(22)24(33)36/h1-11H,12H2,(H2,33,36)(H,35,37). The fourth-order valence-corrected chi connectivity index (χ4v) is 5.04. The zero-order valence-electron chi connectivity index (χ0n) is 20.0. The van der Waals surface area contributed by atoms with E-state index in [0.29, 0.717) is 27.9 Å². The third-order valence-electron chi connectivity index (χ3n) is 5.63. The van der Waals surface area contributed by atoms with Gasteiger partial charge in [-0.15, -0.1) is 11.3 Å². The molecule has 0 radical (unpaired) electrons. The van der Waals surface area contributed by atoms with Crippen LogP contribution in [0.2, 0.25) is 5.02 Å². The van der Waals surface area contributed by atoms with Gasteiger partial charge in [0.25, 0.3) is 11.8 Å². The number of aromatic nitrogens is 1. The third kappa shape index (κ3) is 5.63. The molecule has 0 saturated carbocycles. The molecule has 40 heavy (non-hydrogen) atoms. The van der Waals surface area contributed by atoms with E-state index in [0.717, 1.165) is 18.2 Å². The number of carbonyl (C=O) groups excluding carboxylic acids is 2. The van der Waals surface area contributed by atoms with Crippen LogP contribution in [0.4, 0.5) is 23.2 Å². The van der Waals surface area contributed by atoms with Crippen molar-refractivity contribution in [1.82, 2.24) is 4.98 Å². The zero-order chi connectivity index (χ0) is 28.6. The van der Waals surface area contributed by atoms with Crippen LogP contribution in [0, 0.1) is 5.82 Å². The van der Waals surface area contributed by atoms with Crippen LogP contribution >= 0.6 is 22.9 Å². The van der Waals surface area contributed by atoms with Gasteiger partial charge in [-0.2, -0.15) is 13.2 Å². The summed E-state index contributed by atoms with van der Waals surface area (Å²) in [4.78, 5) is 28.6. The summed E-state index contributed by atoms with van der Waals surface area (Å²) in [5.74, 6) is -1.80. The van der Waals surface area contributed by atoms with Gasteiger partial charge < -0.3 is 20.2 Å². The van der Waals surface area contributed by atoms with Gasteiger partial charge in [-0.3, -0.25) is 9.59 Å². The van der Waals surface area contributed by atoms with Gasteiger partial charge in [0, 0.05) is 10.4 Å². The Morgan fingerprint density at radius 2 is 1.82 bits per heavy atom. The number of anilines is 1. The number of furan rings is 1. The molecule has 204 valence electrons. The van der Waals surface area contributed by atoms with Crippen molar-refractivity contribution < 1.29 is 36.3 Å². The minimum atomic E-state index is -4.82. The molecule has 0 fully saturated rings. The van der Waals surface area contributed by atoms with E-state index in [9.17, 15) is 27.2 Å². The second kappa shape index (κ2) is 10.6. The number of benzene rings is 2. The molecule has 0 aliphatic heterocycles. The van der Waals surface area contributed by atoms with E-state index in [4.69, 9.17) is 26.5 Å². The van der Waals surface area contributed by atoms with Crippen LogP contribution in [-0.2, 0) is 12.8 Å². The normalized spacial score (nSPS) is 11.5. The topological polar surface area (TPSA) is 107 Å². The van der Waals surface area contributed by atoms with Gasteiger partial charge in [-0.1, -0.05) is 29.8 Å². The first kappa shape index (κ1) is 27.2. The van der Waals surface area contributed by atoms with Crippen LogP contribution in [0.25, 0.3) is 21.3 Å². The Hall–Kier alpha value is -4.42. The zero-order valence-corrected chi connectivity index (χ0v) is 21.6. The number of hydrogen-bond donors (Lipinski definition) is 2. The Morgan fingerprint density at radius 1 is 1.07 bits per heavy atom. The van der Waals surface area contributed by atoms with Crippen LogP contribution in [0.5, 0.6) is 5.75 Å². The second-order valence-corrected chi connectivity index (χ2v) is 9.81. The average Bonchev–Trinajstić information content (AvgIpc) is 3.52. The number of carbonyl (C=O) groups is 2. The lowest BCUT2D eigenvalue weighted by atomic mass is 10.0. The lowest BCUT2D eigenvalue weighted by Crippen LogP contribution is -2.16. The van der Waals surface area contributed by atoms with Crippen LogP contribution in [-0.4, -0.2) is 16.8 Å². The molecular formula is C27H16ClF4N3O4S. The van der Waals surface area contributed by atoms with Crippen LogP contribution in [0.15, 0.2) is 71.1 Å². The number of nitrogens with one attached hydrogen (secondary N) is 1. The first-order valence-corrected chi connectivity index (χ1v) is 12.6. The van der Waals surface area contributed by atoms with Gasteiger partial charge in [-0.05, 0) is 59.7 Å². The van der Waals surface area contributed by atoms with Crippen molar-refractivity contribution in [3.8, 4) is 16.9 Å². The van der Waals surface area contributed by atoms with E-state index in [1.54, 1.807) is 24.3 Å². The van der Waals surface area contributed by atoms with Crippen molar-refractivity contribution in [1.29, 1.82) is 0 Å². The van der Waals surface area contributed by atoms with Gasteiger partial charge in [0.05, 0.1) is 5.69 Å². The number of amides is 2. The maximum Gasteiger partial charge on any atom is 0.433 e. The first-order chi connectivity index (χ1) is 19.0. The molecule has 0 unspecified atom stereocenters. The average molecular weight is 590 g/mol. The van der Waals surface area contributed by atoms with Crippen molar-refractivity contribution in [2.75, 3.05) is 5.32 Å². The largest absolute Gasteiger partial charge is 0.486 e.